The number of nitrogens with one attached hydrogen (secondary N) is 1. The molecular weight excluding hydrogens is 274 g/mol. The van der Waals surface area contributed by atoms with Gasteiger partial charge in [-0.25, -0.2) is 0 Å². The summed E-state index contributed by atoms with van der Waals surface area (Å²) in [5, 5.41) is 12.6. The van der Waals surface area contributed by atoms with Crippen LogP contribution in [0.4, 0.5) is 0 Å². The summed E-state index contributed by atoms with van der Waals surface area (Å²) in [7, 11) is 0. The van der Waals surface area contributed by atoms with Crippen molar-refractivity contribution in [1.29, 1.82) is 0 Å². The second-order valence-electron chi connectivity index (χ2n) is 7.58. The molecule has 0 spiro atoms. The van der Waals surface area contributed by atoms with Crippen LogP contribution in [-0.2, 0) is 16.6 Å². The number of hydrogen-bond acceptors (Lipinski definition) is 2. The van der Waals surface area contributed by atoms with Crippen LogP contribution in [0.5, 0.6) is 0 Å². The minimum absolute atomic E-state index is 0.0235. The number of carbonyl (C=O) groups excluding carboxylic acids is 1. The van der Waals surface area contributed by atoms with E-state index in [0.717, 1.165) is 12.0 Å². The SMILES string of the molecule is CCc1ccc(C(C)(C)C(=O)NCC(C)(C)CC(C)O)cc1. The average molecular weight is 305 g/mol. The van der Waals surface area contributed by atoms with E-state index < -0.39 is 5.41 Å². The molecule has 2 N–H and O–H groups in total. The summed E-state index contributed by atoms with van der Waals surface area (Å²) in [5.74, 6) is 0.0235. The van der Waals surface area contributed by atoms with Crippen LogP contribution in [0.3, 0.4) is 0 Å². The Labute approximate surface area is 135 Å². The third-order valence-corrected chi connectivity index (χ3v) is 4.23. The molecule has 0 aliphatic rings. The normalized spacial score (nSPS) is 13.8. The van der Waals surface area contributed by atoms with Gasteiger partial charge in [0.15, 0.2) is 0 Å². The van der Waals surface area contributed by atoms with E-state index in [9.17, 15) is 9.90 Å². The van der Waals surface area contributed by atoms with Crippen molar-refractivity contribution in [2.24, 2.45) is 5.41 Å². The first kappa shape index (κ1) is 18.7. The van der Waals surface area contributed by atoms with Gasteiger partial charge < -0.3 is 10.4 Å². The van der Waals surface area contributed by atoms with Gasteiger partial charge in [-0.3, -0.25) is 4.79 Å². The summed E-state index contributed by atoms with van der Waals surface area (Å²) in [4.78, 5) is 12.6. The maximum atomic E-state index is 12.6. The van der Waals surface area contributed by atoms with Crippen LogP contribution in [-0.4, -0.2) is 23.7 Å². The maximum Gasteiger partial charge on any atom is 0.230 e. The van der Waals surface area contributed by atoms with Gasteiger partial charge in [0.1, 0.15) is 0 Å². The van der Waals surface area contributed by atoms with E-state index in [-0.39, 0.29) is 17.4 Å². The van der Waals surface area contributed by atoms with Gasteiger partial charge in [-0.05, 0) is 50.2 Å². The van der Waals surface area contributed by atoms with E-state index in [1.165, 1.54) is 5.56 Å². The quantitative estimate of drug-likeness (QED) is 0.810. The van der Waals surface area contributed by atoms with Crippen LogP contribution in [0.2, 0.25) is 0 Å². The Balaban J connectivity index is 2.73. The molecule has 22 heavy (non-hydrogen) atoms. The minimum Gasteiger partial charge on any atom is -0.393 e. The molecule has 124 valence electrons. The Bertz CT molecular complexity index is 487. The number of aliphatic hydroxyl groups excluding tert-OH is 1. The van der Waals surface area contributed by atoms with Gasteiger partial charge in [0, 0.05) is 6.54 Å². The van der Waals surface area contributed by atoms with Crippen LogP contribution in [0.1, 0.15) is 59.1 Å². The molecule has 1 rings (SSSR count). The highest BCUT2D eigenvalue weighted by atomic mass is 16.3. The van der Waals surface area contributed by atoms with Crippen molar-refractivity contribution in [3.8, 4) is 0 Å². The third-order valence-electron chi connectivity index (χ3n) is 4.23. The molecular formula is C19H31NO2. The molecule has 1 aromatic carbocycles. The lowest BCUT2D eigenvalue weighted by Crippen LogP contribution is -2.44. The summed E-state index contributed by atoms with van der Waals surface area (Å²) in [6.45, 7) is 12.5. The topological polar surface area (TPSA) is 49.3 Å². The van der Waals surface area contributed by atoms with E-state index in [1.54, 1.807) is 6.92 Å². The lowest BCUT2D eigenvalue weighted by molar-refractivity contribution is -0.126. The van der Waals surface area contributed by atoms with Crippen molar-refractivity contribution in [1.82, 2.24) is 5.32 Å². The second kappa shape index (κ2) is 7.28. The molecule has 3 heteroatoms. The Kier molecular flexibility index (Phi) is 6.18. The average Bonchev–Trinajstić information content (AvgIpc) is 2.43. The van der Waals surface area contributed by atoms with Crippen molar-refractivity contribution in [3.05, 3.63) is 35.4 Å². The molecule has 0 fully saturated rings. The van der Waals surface area contributed by atoms with Crippen molar-refractivity contribution in [2.75, 3.05) is 6.54 Å². The fraction of sp³-hybridized carbons (Fsp3) is 0.632. The number of aryl methyl sites for hydroxylation is 1. The molecule has 0 aliphatic carbocycles. The molecule has 1 aromatic rings. The predicted molar refractivity (Wildman–Crippen MR) is 91.9 cm³/mol. The van der Waals surface area contributed by atoms with Crippen LogP contribution in [0.25, 0.3) is 0 Å². The lowest BCUT2D eigenvalue weighted by atomic mass is 9.82. The fourth-order valence-corrected chi connectivity index (χ4v) is 2.70. The van der Waals surface area contributed by atoms with E-state index in [2.05, 4.69) is 38.2 Å². The number of amides is 1. The Morgan fingerprint density at radius 3 is 2.18 bits per heavy atom. The Morgan fingerprint density at radius 2 is 1.73 bits per heavy atom. The zero-order valence-corrected chi connectivity index (χ0v) is 14.9. The molecule has 0 saturated heterocycles. The van der Waals surface area contributed by atoms with Crippen molar-refractivity contribution in [2.45, 2.75) is 65.9 Å². The molecule has 0 radical (unpaired) electrons. The van der Waals surface area contributed by atoms with Gasteiger partial charge in [0.25, 0.3) is 0 Å². The minimum atomic E-state index is -0.562. The van der Waals surface area contributed by atoms with Gasteiger partial charge >= 0.3 is 0 Å². The van der Waals surface area contributed by atoms with Crippen LogP contribution in [0, 0.1) is 5.41 Å². The number of hydrogen-bond donors (Lipinski definition) is 2. The first-order valence-corrected chi connectivity index (χ1v) is 8.14. The number of rotatable bonds is 7. The largest absolute Gasteiger partial charge is 0.393 e. The van der Waals surface area contributed by atoms with E-state index in [0.29, 0.717) is 13.0 Å². The maximum absolute atomic E-state index is 12.6. The van der Waals surface area contributed by atoms with Crippen LogP contribution >= 0.6 is 0 Å². The molecule has 0 aromatic heterocycles. The first-order chi connectivity index (χ1) is 10.1. The Hall–Kier alpha value is -1.35. The molecule has 1 unspecified atom stereocenters. The van der Waals surface area contributed by atoms with E-state index in [1.807, 2.05) is 26.0 Å². The summed E-state index contributed by atoms with van der Waals surface area (Å²) in [6, 6.07) is 8.25. The predicted octanol–water partition coefficient (Wildman–Crippen LogP) is 3.44. The standard InChI is InChI=1S/C19H31NO2/c1-7-15-8-10-16(11-9-15)19(5,6)17(22)20-13-18(3,4)12-14(2)21/h8-11,14,21H,7,12-13H2,1-6H3,(H,20,22). The van der Waals surface area contributed by atoms with Gasteiger partial charge in [-0.15, -0.1) is 0 Å². The monoisotopic (exact) mass is 305 g/mol. The molecule has 0 aliphatic heterocycles. The number of benzene rings is 1. The van der Waals surface area contributed by atoms with Gasteiger partial charge in [0.05, 0.1) is 11.5 Å². The van der Waals surface area contributed by atoms with Gasteiger partial charge in [-0.1, -0.05) is 45.0 Å². The third kappa shape index (κ3) is 5.13. The second-order valence-corrected chi connectivity index (χ2v) is 7.58. The summed E-state index contributed by atoms with van der Waals surface area (Å²) < 4.78 is 0. The highest BCUT2D eigenvalue weighted by molar-refractivity contribution is 5.87. The van der Waals surface area contributed by atoms with Crippen molar-refractivity contribution in [3.63, 3.8) is 0 Å². The summed E-state index contributed by atoms with van der Waals surface area (Å²) in [6.07, 6.45) is 1.31. The molecule has 1 atom stereocenters. The highest BCUT2D eigenvalue weighted by Gasteiger charge is 2.31. The van der Waals surface area contributed by atoms with Gasteiger partial charge in [0.2, 0.25) is 5.91 Å². The molecule has 1 amide bonds. The van der Waals surface area contributed by atoms with Gasteiger partial charge in [-0.2, -0.15) is 0 Å². The smallest absolute Gasteiger partial charge is 0.230 e. The highest BCUT2D eigenvalue weighted by Crippen LogP contribution is 2.26. The summed E-state index contributed by atoms with van der Waals surface area (Å²) in [5.41, 5.74) is 1.62. The fourth-order valence-electron chi connectivity index (χ4n) is 2.70. The summed E-state index contributed by atoms with van der Waals surface area (Å²) >= 11 is 0. The van der Waals surface area contributed by atoms with E-state index in [4.69, 9.17) is 0 Å². The van der Waals surface area contributed by atoms with Crippen molar-refractivity contribution < 1.29 is 9.90 Å². The first-order valence-electron chi connectivity index (χ1n) is 8.14. The van der Waals surface area contributed by atoms with Crippen LogP contribution < -0.4 is 5.32 Å². The molecule has 3 nitrogen and oxygen atoms in total. The van der Waals surface area contributed by atoms with Crippen molar-refractivity contribution >= 4 is 5.91 Å². The number of aliphatic hydroxyl groups is 1. The zero-order chi connectivity index (χ0) is 17.0. The number of carbonyl (C=O) groups is 1. The molecule has 0 bridgehead atoms. The molecule has 0 heterocycles. The lowest BCUT2D eigenvalue weighted by Gasteiger charge is -2.30. The molecule has 0 saturated carbocycles. The Morgan fingerprint density at radius 1 is 1.18 bits per heavy atom. The zero-order valence-electron chi connectivity index (χ0n) is 14.9. The van der Waals surface area contributed by atoms with E-state index >= 15 is 0 Å². The van der Waals surface area contributed by atoms with Crippen LogP contribution in [0.15, 0.2) is 24.3 Å².